The zero-order valence-electron chi connectivity index (χ0n) is 18.3. The van der Waals surface area contributed by atoms with Gasteiger partial charge in [-0.05, 0) is 42.4 Å². The lowest BCUT2D eigenvalue weighted by Gasteiger charge is -2.11. The van der Waals surface area contributed by atoms with Crippen LogP contribution >= 0.6 is 11.3 Å². The van der Waals surface area contributed by atoms with Crippen molar-refractivity contribution < 1.29 is 19.1 Å². The molecule has 1 aliphatic rings. The third-order valence-corrected chi connectivity index (χ3v) is 6.96. The van der Waals surface area contributed by atoms with Gasteiger partial charge in [-0.2, -0.15) is 0 Å². The van der Waals surface area contributed by atoms with Crippen molar-refractivity contribution in [2.45, 2.75) is 32.1 Å². The molecule has 1 aliphatic carbocycles. The molecule has 1 aromatic heterocycles. The van der Waals surface area contributed by atoms with E-state index in [1.807, 2.05) is 42.5 Å². The van der Waals surface area contributed by atoms with Crippen LogP contribution in [0.15, 0.2) is 54.6 Å². The fraction of sp³-hybridized carbons (Fsp3) is 0.269. The van der Waals surface area contributed by atoms with Gasteiger partial charge in [0, 0.05) is 17.0 Å². The van der Waals surface area contributed by atoms with Crippen molar-refractivity contribution in [2.24, 2.45) is 5.73 Å². The normalized spacial score (nSPS) is 12.6. The number of ether oxygens (including phenoxy) is 1. The van der Waals surface area contributed by atoms with Crippen molar-refractivity contribution in [3.63, 3.8) is 0 Å². The molecule has 7 heteroatoms. The van der Waals surface area contributed by atoms with Crippen LogP contribution in [0.25, 0.3) is 11.1 Å². The molecular weight excluding hydrogens is 436 g/mol. The molecule has 1 heterocycles. The second-order valence-corrected chi connectivity index (χ2v) is 9.09. The van der Waals surface area contributed by atoms with E-state index in [4.69, 9.17) is 10.5 Å². The number of primary amides is 1. The molecule has 0 bridgehead atoms. The third-order valence-electron chi connectivity index (χ3n) is 5.71. The molecule has 3 aromatic rings. The van der Waals surface area contributed by atoms with Crippen molar-refractivity contribution in [3.8, 4) is 11.1 Å². The van der Waals surface area contributed by atoms with Crippen molar-refractivity contribution in [2.75, 3.05) is 18.5 Å². The second-order valence-electron chi connectivity index (χ2n) is 7.98. The number of nitrogens with one attached hydrogen (secondary N) is 1. The van der Waals surface area contributed by atoms with Gasteiger partial charge in [-0.1, -0.05) is 54.6 Å². The number of anilines is 1. The Bertz CT molecular complexity index is 1150. The standard InChI is InChI=1S/C26H26N2O4S/c27-25(31)24-20-8-4-5-9-22(20)33-26(24)28-15-14-23(30)32-16-21(29)19-12-10-18(11-13-19)17-6-2-1-3-7-17/h1-3,6-7,10-13,28H,4-5,8-9,14-16H2,(H2,27,31). The molecule has 4 rings (SSSR count). The van der Waals surface area contributed by atoms with Crippen LogP contribution in [0.4, 0.5) is 5.00 Å². The van der Waals surface area contributed by atoms with Crippen LogP contribution in [0, 0.1) is 0 Å². The molecule has 170 valence electrons. The van der Waals surface area contributed by atoms with Crippen LogP contribution in [-0.2, 0) is 22.4 Å². The Hall–Kier alpha value is -3.45. The molecule has 0 radical (unpaired) electrons. The first-order valence-electron chi connectivity index (χ1n) is 11.1. The van der Waals surface area contributed by atoms with E-state index in [0.29, 0.717) is 17.7 Å². The van der Waals surface area contributed by atoms with Crippen LogP contribution < -0.4 is 11.1 Å². The number of fused-ring (bicyclic) bond motifs is 1. The summed E-state index contributed by atoms with van der Waals surface area (Å²) in [4.78, 5) is 37.6. The SMILES string of the molecule is NC(=O)c1c(NCCC(=O)OCC(=O)c2ccc(-c3ccccc3)cc2)sc2c1CCCC2. The summed E-state index contributed by atoms with van der Waals surface area (Å²) in [5, 5.41) is 3.87. The Labute approximate surface area is 196 Å². The van der Waals surface area contributed by atoms with E-state index in [9.17, 15) is 14.4 Å². The van der Waals surface area contributed by atoms with Crippen molar-refractivity contribution >= 4 is 34.0 Å². The monoisotopic (exact) mass is 462 g/mol. The van der Waals surface area contributed by atoms with E-state index in [1.54, 1.807) is 12.1 Å². The molecule has 2 aromatic carbocycles. The molecular formula is C26H26N2O4S. The molecule has 0 saturated carbocycles. The molecule has 33 heavy (non-hydrogen) atoms. The van der Waals surface area contributed by atoms with E-state index in [-0.39, 0.29) is 18.8 Å². The molecule has 0 fully saturated rings. The van der Waals surface area contributed by atoms with E-state index < -0.39 is 11.9 Å². The highest BCUT2D eigenvalue weighted by Crippen LogP contribution is 2.37. The zero-order valence-corrected chi connectivity index (χ0v) is 19.1. The van der Waals surface area contributed by atoms with Gasteiger partial charge < -0.3 is 15.8 Å². The summed E-state index contributed by atoms with van der Waals surface area (Å²) < 4.78 is 5.15. The Morgan fingerprint density at radius 2 is 1.64 bits per heavy atom. The summed E-state index contributed by atoms with van der Waals surface area (Å²) in [6, 6.07) is 17.1. The summed E-state index contributed by atoms with van der Waals surface area (Å²) in [6.45, 7) is 0.00181. The molecule has 0 spiro atoms. The molecule has 1 amide bonds. The predicted molar refractivity (Wildman–Crippen MR) is 130 cm³/mol. The van der Waals surface area contributed by atoms with Crippen molar-refractivity contribution in [3.05, 3.63) is 76.2 Å². The maximum absolute atomic E-state index is 12.4. The summed E-state index contributed by atoms with van der Waals surface area (Å²) in [7, 11) is 0. The van der Waals surface area contributed by atoms with Gasteiger partial charge >= 0.3 is 5.97 Å². The van der Waals surface area contributed by atoms with Gasteiger partial charge in [-0.3, -0.25) is 14.4 Å². The third kappa shape index (κ3) is 5.49. The highest BCUT2D eigenvalue weighted by atomic mass is 32.1. The smallest absolute Gasteiger partial charge is 0.308 e. The predicted octanol–water partition coefficient (Wildman–Crippen LogP) is 4.62. The largest absolute Gasteiger partial charge is 0.457 e. The average molecular weight is 463 g/mol. The second kappa shape index (κ2) is 10.4. The Balaban J connectivity index is 1.26. The molecule has 0 unspecified atom stereocenters. The van der Waals surface area contributed by atoms with Crippen LogP contribution in [0.2, 0.25) is 0 Å². The number of amides is 1. The Morgan fingerprint density at radius 3 is 2.36 bits per heavy atom. The van der Waals surface area contributed by atoms with E-state index in [2.05, 4.69) is 5.32 Å². The maximum Gasteiger partial charge on any atom is 0.308 e. The van der Waals surface area contributed by atoms with Crippen LogP contribution in [0.5, 0.6) is 0 Å². The van der Waals surface area contributed by atoms with Crippen LogP contribution in [0.1, 0.15) is 50.4 Å². The zero-order chi connectivity index (χ0) is 23.2. The quantitative estimate of drug-likeness (QED) is 0.357. The van der Waals surface area contributed by atoms with Crippen LogP contribution in [-0.4, -0.2) is 30.8 Å². The fourth-order valence-electron chi connectivity index (χ4n) is 4.01. The number of hydrogen-bond acceptors (Lipinski definition) is 6. The summed E-state index contributed by atoms with van der Waals surface area (Å²) in [5.74, 6) is -1.17. The number of thiophene rings is 1. The number of aryl methyl sites for hydroxylation is 1. The molecule has 0 saturated heterocycles. The fourth-order valence-corrected chi connectivity index (χ4v) is 5.33. The lowest BCUT2D eigenvalue weighted by molar-refractivity contribution is -0.142. The lowest BCUT2D eigenvalue weighted by atomic mass is 9.95. The Morgan fingerprint density at radius 1 is 0.939 bits per heavy atom. The number of nitrogens with two attached hydrogens (primary N) is 1. The minimum absolute atomic E-state index is 0.0843. The maximum atomic E-state index is 12.4. The van der Waals surface area contributed by atoms with Crippen LogP contribution in [0.3, 0.4) is 0 Å². The molecule has 0 aliphatic heterocycles. The van der Waals surface area contributed by atoms with Gasteiger partial charge in [-0.15, -0.1) is 11.3 Å². The molecule has 3 N–H and O–H groups in total. The number of hydrogen-bond donors (Lipinski definition) is 2. The van der Waals surface area contributed by atoms with Crippen molar-refractivity contribution in [1.82, 2.24) is 0 Å². The number of carbonyl (C=O) groups is 3. The number of rotatable bonds is 9. The minimum Gasteiger partial charge on any atom is -0.457 e. The first-order chi connectivity index (χ1) is 16.0. The van der Waals surface area contributed by atoms with Crippen molar-refractivity contribution in [1.29, 1.82) is 0 Å². The van der Waals surface area contributed by atoms with E-state index >= 15 is 0 Å². The van der Waals surface area contributed by atoms with E-state index in [1.165, 1.54) is 16.2 Å². The summed E-state index contributed by atoms with van der Waals surface area (Å²) >= 11 is 1.54. The molecule has 6 nitrogen and oxygen atoms in total. The highest BCUT2D eigenvalue weighted by Gasteiger charge is 2.24. The first kappa shape index (κ1) is 22.7. The van der Waals surface area contributed by atoms with Gasteiger partial charge in [0.15, 0.2) is 12.4 Å². The van der Waals surface area contributed by atoms with Gasteiger partial charge in [0.25, 0.3) is 5.91 Å². The first-order valence-corrected chi connectivity index (χ1v) is 11.9. The number of carbonyl (C=O) groups excluding carboxylic acids is 3. The molecule has 0 atom stereocenters. The average Bonchev–Trinajstić information content (AvgIpc) is 3.22. The number of benzene rings is 2. The minimum atomic E-state index is -0.473. The Kier molecular flexibility index (Phi) is 7.19. The number of ketones is 1. The summed E-state index contributed by atoms with van der Waals surface area (Å²) in [5.41, 5.74) is 9.78. The van der Waals surface area contributed by atoms with Gasteiger partial charge in [-0.25, -0.2) is 0 Å². The van der Waals surface area contributed by atoms with E-state index in [0.717, 1.165) is 47.4 Å². The number of Topliss-reactive ketones (excluding diaryl/α,β-unsaturated/α-hetero) is 1. The summed E-state index contributed by atoms with van der Waals surface area (Å²) in [6.07, 6.45) is 4.07. The highest BCUT2D eigenvalue weighted by molar-refractivity contribution is 7.16. The van der Waals surface area contributed by atoms with Gasteiger partial charge in [0.05, 0.1) is 12.0 Å². The topological polar surface area (TPSA) is 98.5 Å². The number of esters is 1. The lowest BCUT2D eigenvalue weighted by Crippen LogP contribution is -2.18. The van der Waals surface area contributed by atoms with Gasteiger partial charge in [0.2, 0.25) is 0 Å². The van der Waals surface area contributed by atoms with Gasteiger partial charge in [0.1, 0.15) is 5.00 Å².